The molecule has 1 aliphatic carbocycles. The van der Waals surface area contributed by atoms with Crippen LogP contribution in [0, 0.1) is 0 Å². The number of carbonyl (C=O) groups is 7. The highest BCUT2D eigenvalue weighted by atomic mass is 16.6. The molecule has 21 heteroatoms. The summed E-state index contributed by atoms with van der Waals surface area (Å²) < 4.78 is 49.5. The van der Waals surface area contributed by atoms with E-state index in [1.54, 1.807) is 20.8 Å². The molecule has 504 valence electrons. The lowest BCUT2D eigenvalue weighted by Gasteiger charge is -2.24. The molecule has 3 rings (SSSR count). The van der Waals surface area contributed by atoms with Gasteiger partial charge >= 0.3 is 18.0 Å². The number of alkyl carbamates (subject to hydrolysis) is 1. The maximum absolute atomic E-state index is 13.0. The molecular weight excluding hydrogens is 1140 g/mol. The van der Waals surface area contributed by atoms with E-state index in [0.29, 0.717) is 118 Å². The summed E-state index contributed by atoms with van der Waals surface area (Å²) in [5.74, 6) is -1.17. The highest BCUT2D eigenvalue weighted by Crippen LogP contribution is 2.44. The normalized spacial score (nSPS) is 12.4. The van der Waals surface area contributed by atoms with E-state index in [-0.39, 0.29) is 81.2 Å². The first-order valence-corrected chi connectivity index (χ1v) is 33.0. The van der Waals surface area contributed by atoms with Crippen molar-refractivity contribution in [3.8, 4) is 11.1 Å². The zero-order valence-electron chi connectivity index (χ0n) is 54.9. The van der Waals surface area contributed by atoms with Gasteiger partial charge in [0.2, 0.25) is 23.6 Å². The molecule has 0 saturated heterocycles. The van der Waals surface area contributed by atoms with Crippen LogP contribution in [0.3, 0.4) is 0 Å². The van der Waals surface area contributed by atoms with Gasteiger partial charge in [0.1, 0.15) is 23.9 Å². The Morgan fingerprint density at radius 1 is 0.393 bits per heavy atom. The molecule has 5 amide bonds. The van der Waals surface area contributed by atoms with Gasteiger partial charge < -0.3 is 69.2 Å². The number of hydrogen-bond acceptors (Lipinski definition) is 16. The summed E-state index contributed by atoms with van der Waals surface area (Å²) in [6, 6.07) is 15.6. The number of unbranched alkanes of at least 4 members (excludes halogenated alkanes) is 14. The van der Waals surface area contributed by atoms with E-state index in [0.717, 1.165) is 49.7 Å². The predicted molar refractivity (Wildman–Crippen MR) is 342 cm³/mol. The van der Waals surface area contributed by atoms with E-state index in [1.165, 1.54) is 62.5 Å². The lowest BCUT2D eigenvalue weighted by Crippen LogP contribution is -2.44. The van der Waals surface area contributed by atoms with Crippen LogP contribution < -0.4 is 26.6 Å². The SMILES string of the molecule is CC(C)(C)OC(=O)CCCCCCCCCCCCCCCCC(=O)N[C@@H](CCCCNC(=O)CCOCCOCCNC(=O)CCOCCOCCNC(=O)CCOCCOCCNC(=O)OCC1c2ccccc2-c2ccccc21)C(=O)OC(C)(C)C. The van der Waals surface area contributed by atoms with Crippen LogP contribution in [0.5, 0.6) is 0 Å². The van der Waals surface area contributed by atoms with Crippen molar-refractivity contribution in [2.75, 3.05) is 112 Å². The third kappa shape index (κ3) is 40.6. The van der Waals surface area contributed by atoms with Crippen LogP contribution in [0.4, 0.5) is 4.79 Å². The van der Waals surface area contributed by atoms with Crippen molar-refractivity contribution < 1.29 is 76.2 Å². The number of rotatable bonds is 53. The maximum Gasteiger partial charge on any atom is 0.407 e. The van der Waals surface area contributed by atoms with Crippen molar-refractivity contribution in [3.05, 3.63) is 59.7 Å². The van der Waals surface area contributed by atoms with Crippen LogP contribution in [0.2, 0.25) is 0 Å². The molecule has 89 heavy (non-hydrogen) atoms. The molecule has 0 bridgehead atoms. The van der Waals surface area contributed by atoms with E-state index in [1.807, 2.05) is 45.0 Å². The van der Waals surface area contributed by atoms with Crippen molar-refractivity contribution in [2.45, 2.75) is 206 Å². The molecule has 0 unspecified atom stereocenters. The number of carbonyl (C=O) groups excluding carboxylic acids is 7. The van der Waals surface area contributed by atoms with Crippen molar-refractivity contribution in [1.29, 1.82) is 0 Å². The Bertz CT molecular complexity index is 2240. The number of ether oxygens (including phenoxy) is 9. The number of hydrogen-bond donors (Lipinski definition) is 5. The summed E-state index contributed by atoms with van der Waals surface area (Å²) in [6.07, 6.45) is 18.5. The monoisotopic (exact) mass is 1250 g/mol. The van der Waals surface area contributed by atoms with Gasteiger partial charge in [-0.05, 0) is 95.9 Å². The van der Waals surface area contributed by atoms with E-state index >= 15 is 0 Å². The summed E-state index contributed by atoms with van der Waals surface area (Å²) in [4.78, 5) is 86.6. The number of esters is 2. The van der Waals surface area contributed by atoms with Gasteiger partial charge in [-0.15, -0.1) is 0 Å². The Labute approximate surface area is 531 Å². The minimum absolute atomic E-state index is 0.00169. The summed E-state index contributed by atoms with van der Waals surface area (Å²) in [7, 11) is 0. The highest BCUT2D eigenvalue weighted by Gasteiger charge is 2.29. The van der Waals surface area contributed by atoms with Crippen LogP contribution in [0.25, 0.3) is 11.1 Å². The standard InChI is InChI=1S/C68H111N5O16/c1-67(2,3)88-64(78)33-20-18-16-14-12-10-8-7-9-11-13-15-17-19-32-63(77)73-59(65(79)89-68(4,5)6)31-25-26-37-69-60(74)34-41-81-47-50-84-44-38-70-61(75)35-42-82-48-51-85-45-39-71-62(76)36-43-83-49-52-86-46-40-72-66(80)87-53-58-56-29-23-21-27-54(56)55-28-22-24-30-57(55)58/h21-24,27-30,58-59H,7-20,25-26,31-53H2,1-6H3,(H,69,74)(H,70,75)(H,71,76)(H,72,80)(H,73,77)/t59-/m0/s1. The minimum Gasteiger partial charge on any atom is -0.460 e. The highest BCUT2D eigenvalue weighted by molar-refractivity contribution is 5.84. The quantitative estimate of drug-likeness (QED) is 0.0234. The predicted octanol–water partition coefficient (Wildman–Crippen LogP) is 9.72. The molecule has 1 atom stereocenters. The molecule has 2 aromatic rings. The van der Waals surface area contributed by atoms with Gasteiger partial charge in [0.05, 0.1) is 79.3 Å². The lowest BCUT2D eigenvalue weighted by molar-refractivity contribution is -0.159. The average Bonchev–Trinajstić information content (AvgIpc) is 2.21. The van der Waals surface area contributed by atoms with E-state index in [2.05, 4.69) is 50.8 Å². The molecule has 0 heterocycles. The minimum atomic E-state index is -0.747. The van der Waals surface area contributed by atoms with Crippen LogP contribution >= 0.6 is 0 Å². The first-order chi connectivity index (χ1) is 42.9. The molecule has 0 fully saturated rings. The number of amides is 5. The van der Waals surface area contributed by atoms with E-state index in [4.69, 9.17) is 42.6 Å². The first-order valence-electron chi connectivity index (χ1n) is 33.0. The largest absolute Gasteiger partial charge is 0.460 e. The number of benzene rings is 2. The van der Waals surface area contributed by atoms with Crippen LogP contribution in [0.1, 0.15) is 200 Å². The first kappa shape index (κ1) is 77.5. The van der Waals surface area contributed by atoms with E-state index in [9.17, 15) is 33.6 Å². The van der Waals surface area contributed by atoms with Gasteiger partial charge in [0.15, 0.2) is 0 Å². The number of fused-ring (bicyclic) bond motifs is 3. The Balaban J connectivity index is 1.02. The zero-order chi connectivity index (χ0) is 64.6. The summed E-state index contributed by atoms with van der Waals surface area (Å²) in [6.45, 7) is 16.3. The molecule has 0 aromatic heterocycles. The van der Waals surface area contributed by atoms with Crippen molar-refractivity contribution in [3.63, 3.8) is 0 Å². The average molecular weight is 1250 g/mol. The Morgan fingerprint density at radius 2 is 0.775 bits per heavy atom. The van der Waals surface area contributed by atoms with Crippen molar-refractivity contribution >= 4 is 41.7 Å². The van der Waals surface area contributed by atoms with Gasteiger partial charge in [-0.25, -0.2) is 9.59 Å². The van der Waals surface area contributed by atoms with Crippen LogP contribution in [0.15, 0.2) is 48.5 Å². The molecular formula is C68H111N5O16. The third-order valence-corrected chi connectivity index (χ3v) is 14.3. The van der Waals surface area contributed by atoms with Gasteiger partial charge in [-0.3, -0.25) is 24.0 Å². The van der Waals surface area contributed by atoms with Gasteiger partial charge in [-0.2, -0.15) is 0 Å². The fraction of sp³-hybridized carbons (Fsp3) is 0.721. The van der Waals surface area contributed by atoms with Gasteiger partial charge in [0, 0.05) is 64.2 Å². The zero-order valence-corrected chi connectivity index (χ0v) is 54.9. The second kappa shape index (κ2) is 48.1. The Morgan fingerprint density at radius 3 is 1.21 bits per heavy atom. The van der Waals surface area contributed by atoms with Gasteiger partial charge in [0.25, 0.3) is 0 Å². The summed E-state index contributed by atoms with van der Waals surface area (Å²) in [5.41, 5.74) is 3.57. The molecule has 0 radical (unpaired) electrons. The summed E-state index contributed by atoms with van der Waals surface area (Å²) >= 11 is 0. The second-order valence-corrected chi connectivity index (χ2v) is 24.4. The topological polar surface area (TPSA) is 263 Å². The molecule has 2 aromatic carbocycles. The fourth-order valence-electron chi connectivity index (χ4n) is 9.78. The smallest absolute Gasteiger partial charge is 0.407 e. The Hall–Kier alpha value is -5.71. The maximum atomic E-state index is 13.0. The molecule has 5 N–H and O–H groups in total. The summed E-state index contributed by atoms with van der Waals surface area (Å²) in [5, 5.41) is 14.1. The Kier molecular flexibility index (Phi) is 41.9. The van der Waals surface area contributed by atoms with Gasteiger partial charge in [-0.1, -0.05) is 126 Å². The number of nitrogens with one attached hydrogen (secondary N) is 5. The second-order valence-electron chi connectivity index (χ2n) is 24.4. The molecule has 1 aliphatic rings. The third-order valence-electron chi connectivity index (χ3n) is 14.3. The van der Waals surface area contributed by atoms with Crippen molar-refractivity contribution in [2.24, 2.45) is 0 Å². The van der Waals surface area contributed by atoms with Crippen molar-refractivity contribution in [1.82, 2.24) is 26.6 Å². The molecule has 21 nitrogen and oxygen atoms in total. The van der Waals surface area contributed by atoms with Crippen LogP contribution in [-0.2, 0) is 71.4 Å². The molecule has 0 aliphatic heterocycles. The molecule has 0 spiro atoms. The fourth-order valence-corrected chi connectivity index (χ4v) is 9.78. The molecule has 0 saturated carbocycles. The van der Waals surface area contributed by atoms with Crippen LogP contribution in [-0.4, -0.2) is 171 Å². The lowest BCUT2D eigenvalue weighted by atomic mass is 9.98. The van der Waals surface area contributed by atoms with E-state index < -0.39 is 29.3 Å².